The smallest absolute Gasteiger partial charge is 0.147 e. The average Bonchev–Trinajstić information content (AvgIpc) is 2.00. The highest BCUT2D eigenvalue weighted by molar-refractivity contribution is 9.09. The molecule has 1 aliphatic carbocycles. The molecule has 0 heterocycles. The van der Waals surface area contributed by atoms with Gasteiger partial charge in [-0.15, -0.1) is 0 Å². The van der Waals surface area contributed by atoms with Crippen molar-refractivity contribution >= 4 is 25.8 Å². The van der Waals surface area contributed by atoms with Gasteiger partial charge in [0, 0.05) is 11.1 Å². The first-order valence-electron chi connectivity index (χ1n) is 4.79. The first-order chi connectivity index (χ1) is 5.97. The van der Waals surface area contributed by atoms with Crippen LogP contribution in [0.2, 0.25) is 0 Å². The van der Waals surface area contributed by atoms with Gasteiger partial charge >= 0.3 is 0 Å². The number of hydrogen-bond acceptors (Lipinski definition) is 2. The molecule has 0 aromatic carbocycles. The van der Waals surface area contributed by atoms with Gasteiger partial charge in [-0.25, -0.2) is 8.42 Å². The lowest BCUT2D eigenvalue weighted by atomic mass is 9.87. The maximum Gasteiger partial charge on any atom is 0.147 e. The Morgan fingerprint density at radius 1 is 1.38 bits per heavy atom. The molecule has 78 valence electrons. The third kappa shape index (κ3) is 5.01. The largest absolute Gasteiger partial charge is 0.229 e. The van der Waals surface area contributed by atoms with Crippen molar-refractivity contribution in [3.8, 4) is 0 Å². The molecule has 0 aromatic rings. The highest BCUT2D eigenvalue weighted by Gasteiger charge is 2.20. The molecule has 0 N–H and O–H groups in total. The van der Waals surface area contributed by atoms with E-state index in [1.54, 1.807) is 0 Å². The van der Waals surface area contributed by atoms with Gasteiger partial charge in [0.25, 0.3) is 0 Å². The lowest BCUT2D eigenvalue weighted by Gasteiger charge is -2.25. The minimum absolute atomic E-state index is 0.359. The zero-order valence-corrected chi connectivity index (χ0v) is 10.4. The summed E-state index contributed by atoms with van der Waals surface area (Å²) in [5.41, 5.74) is 0. The van der Waals surface area contributed by atoms with Gasteiger partial charge in [0.2, 0.25) is 0 Å². The van der Waals surface area contributed by atoms with Crippen LogP contribution in [0, 0.1) is 5.92 Å². The normalized spacial score (nSPS) is 30.3. The fraction of sp³-hybridized carbons (Fsp3) is 1.00. The number of rotatable bonds is 3. The van der Waals surface area contributed by atoms with Gasteiger partial charge in [-0.3, -0.25) is 0 Å². The van der Waals surface area contributed by atoms with Crippen molar-refractivity contribution in [2.24, 2.45) is 5.92 Å². The van der Waals surface area contributed by atoms with E-state index in [4.69, 9.17) is 0 Å². The van der Waals surface area contributed by atoms with Gasteiger partial charge in [-0.2, -0.15) is 0 Å². The summed E-state index contributed by atoms with van der Waals surface area (Å²) in [6.45, 7) is 0. The van der Waals surface area contributed by atoms with Crippen molar-refractivity contribution in [3.63, 3.8) is 0 Å². The Labute approximate surface area is 89.1 Å². The Kier molecular flexibility index (Phi) is 4.23. The molecular formula is C9H17BrO2S. The van der Waals surface area contributed by atoms with E-state index < -0.39 is 9.84 Å². The molecule has 0 bridgehead atoms. The SMILES string of the molecule is CS(=O)(=O)CCC1CCCC(Br)C1. The summed E-state index contributed by atoms with van der Waals surface area (Å²) in [4.78, 5) is 0.616. The molecule has 0 aliphatic heterocycles. The van der Waals surface area contributed by atoms with Gasteiger partial charge in [0.15, 0.2) is 0 Å². The van der Waals surface area contributed by atoms with Crippen LogP contribution in [0.4, 0.5) is 0 Å². The van der Waals surface area contributed by atoms with Gasteiger partial charge in [0.1, 0.15) is 9.84 Å². The molecule has 0 radical (unpaired) electrons. The maximum atomic E-state index is 10.9. The van der Waals surface area contributed by atoms with Crippen LogP contribution in [0.25, 0.3) is 0 Å². The van der Waals surface area contributed by atoms with Crippen LogP contribution in [0.5, 0.6) is 0 Å². The fourth-order valence-corrected chi connectivity index (χ4v) is 3.48. The van der Waals surface area contributed by atoms with Gasteiger partial charge in [-0.05, 0) is 25.2 Å². The predicted octanol–water partition coefficient (Wildman–Crippen LogP) is 2.37. The second-order valence-corrected chi connectivity index (χ2v) is 7.60. The number of alkyl halides is 1. The van der Waals surface area contributed by atoms with Crippen LogP contribution in [0.15, 0.2) is 0 Å². The summed E-state index contributed by atoms with van der Waals surface area (Å²) in [6, 6.07) is 0. The number of sulfone groups is 1. The molecule has 1 fully saturated rings. The molecule has 1 rings (SSSR count). The molecule has 2 unspecified atom stereocenters. The van der Waals surface area contributed by atoms with Crippen molar-refractivity contribution in [1.82, 2.24) is 0 Å². The topological polar surface area (TPSA) is 34.1 Å². The standard InChI is InChI=1S/C9H17BrO2S/c1-13(11,12)6-5-8-3-2-4-9(10)7-8/h8-9H,2-7H2,1H3. The highest BCUT2D eigenvalue weighted by atomic mass is 79.9. The molecule has 0 spiro atoms. The van der Waals surface area contributed by atoms with Crippen molar-refractivity contribution < 1.29 is 8.42 Å². The molecule has 0 amide bonds. The first-order valence-corrected chi connectivity index (χ1v) is 7.77. The zero-order chi connectivity index (χ0) is 9.90. The van der Waals surface area contributed by atoms with Crippen molar-refractivity contribution in [2.75, 3.05) is 12.0 Å². The quantitative estimate of drug-likeness (QED) is 0.737. The van der Waals surface area contributed by atoms with E-state index in [1.807, 2.05) is 0 Å². The summed E-state index contributed by atoms with van der Waals surface area (Å²) in [5, 5.41) is 0. The molecule has 0 saturated heterocycles. The molecule has 13 heavy (non-hydrogen) atoms. The Balaban J connectivity index is 2.29. The van der Waals surface area contributed by atoms with Crippen molar-refractivity contribution in [2.45, 2.75) is 36.9 Å². The molecule has 1 aliphatic rings. The Morgan fingerprint density at radius 3 is 2.62 bits per heavy atom. The van der Waals surface area contributed by atoms with Gasteiger partial charge in [0.05, 0.1) is 5.75 Å². The van der Waals surface area contributed by atoms with Crippen LogP contribution in [-0.2, 0) is 9.84 Å². The van der Waals surface area contributed by atoms with Crippen LogP contribution in [0.3, 0.4) is 0 Å². The lowest BCUT2D eigenvalue weighted by molar-refractivity contribution is 0.360. The van der Waals surface area contributed by atoms with Crippen LogP contribution < -0.4 is 0 Å². The van der Waals surface area contributed by atoms with E-state index >= 15 is 0 Å². The van der Waals surface area contributed by atoms with Crippen LogP contribution in [-0.4, -0.2) is 25.3 Å². The molecule has 0 aromatic heterocycles. The van der Waals surface area contributed by atoms with E-state index in [-0.39, 0.29) is 0 Å². The fourth-order valence-electron chi connectivity index (χ4n) is 1.87. The summed E-state index contributed by atoms with van der Waals surface area (Å²) in [5.74, 6) is 0.977. The minimum atomic E-state index is -2.76. The summed E-state index contributed by atoms with van der Waals surface area (Å²) >= 11 is 3.60. The summed E-state index contributed by atoms with van der Waals surface area (Å²) < 4.78 is 21.9. The van der Waals surface area contributed by atoms with E-state index in [0.29, 0.717) is 16.5 Å². The Bertz CT molecular complexity index is 248. The Morgan fingerprint density at radius 2 is 2.08 bits per heavy atom. The third-order valence-corrected chi connectivity index (χ3v) is 4.42. The highest BCUT2D eigenvalue weighted by Crippen LogP contribution is 2.31. The molecule has 4 heteroatoms. The first kappa shape index (κ1) is 11.5. The van der Waals surface area contributed by atoms with E-state index in [2.05, 4.69) is 15.9 Å². The molecule has 2 nitrogen and oxygen atoms in total. The Hall–Kier alpha value is 0.430. The van der Waals surface area contributed by atoms with E-state index in [0.717, 1.165) is 12.8 Å². The van der Waals surface area contributed by atoms with E-state index in [9.17, 15) is 8.42 Å². The third-order valence-electron chi connectivity index (χ3n) is 2.62. The van der Waals surface area contributed by atoms with Crippen LogP contribution in [0.1, 0.15) is 32.1 Å². The summed E-state index contributed by atoms with van der Waals surface area (Å²) in [6.07, 6.45) is 7.01. The maximum absolute atomic E-state index is 10.9. The minimum Gasteiger partial charge on any atom is -0.229 e. The average molecular weight is 269 g/mol. The lowest BCUT2D eigenvalue weighted by Crippen LogP contribution is -2.18. The van der Waals surface area contributed by atoms with Crippen molar-refractivity contribution in [3.05, 3.63) is 0 Å². The molecular weight excluding hydrogens is 252 g/mol. The monoisotopic (exact) mass is 268 g/mol. The van der Waals surface area contributed by atoms with Crippen LogP contribution >= 0.6 is 15.9 Å². The summed E-state index contributed by atoms with van der Waals surface area (Å²) in [7, 11) is -2.76. The number of hydrogen-bond donors (Lipinski definition) is 0. The zero-order valence-electron chi connectivity index (χ0n) is 8.00. The van der Waals surface area contributed by atoms with Crippen molar-refractivity contribution in [1.29, 1.82) is 0 Å². The van der Waals surface area contributed by atoms with Gasteiger partial charge in [-0.1, -0.05) is 28.8 Å². The second kappa shape index (κ2) is 4.78. The van der Waals surface area contributed by atoms with Gasteiger partial charge < -0.3 is 0 Å². The second-order valence-electron chi connectivity index (χ2n) is 4.05. The molecule has 1 saturated carbocycles. The van der Waals surface area contributed by atoms with E-state index in [1.165, 1.54) is 25.5 Å². The molecule has 2 atom stereocenters. The number of halogens is 1. The predicted molar refractivity (Wildman–Crippen MR) is 59.0 cm³/mol.